The maximum absolute atomic E-state index is 13.5. The van der Waals surface area contributed by atoms with Gasteiger partial charge in [0.25, 0.3) is 0 Å². The molecular formula is C34H44N2O5. The predicted molar refractivity (Wildman–Crippen MR) is 161 cm³/mol. The zero-order chi connectivity index (χ0) is 29.5. The molecular weight excluding hydrogens is 516 g/mol. The summed E-state index contributed by atoms with van der Waals surface area (Å²) in [5.41, 5.74) is 1.40. The van der Waals surface area contributed by atoms with E-state index in [0.717, 1.165) is 24.0 Å². The number of nitrogens with one attached hydrogen (secondary N) is 2. The fourth-order valence-electron chi connectivity index (χ4n) is 5.46. The fraction of sp³-hybridized carbons (Fsp3) is 0.441. The van der Waals surface area contributed by atoms with E-state index >= 15 is 0 Å². The molecule has 3 atom stereocenters. The molecule has 0 unspecified atom stereocenters. The maximum Gasteiger partial charge on any atom is 0.309 e. The number of hydrogen-bond acceptors (Lipinski definition) is 5. The summed E-state index contributed by atoms with van der Waals surface area (Å²) in [5.74, 6) is -1.83. The van der Waals surface area contributed by atoms with Gasteiger partial charge in [-0.3, -0.25) is 14.4 Å². The minimum Gasteiger partial charge on any atom is -0.463 e. The van der Waals surface area contributed by atoms with Gasteiger partial charge in [-0.1, -0.05) is 85.7 Å². The molecule has 2 amide bonds. The molecule has 220 valence electrons. The highest BCUT2D eigenvalue weighted by molar-refractivity contribution is 5.86. The number of ether oxygens (including phenoxy) is 1. The lowest BCUT2D eigenvalue weighted by atomic mass is 9.93. The van der Waals surface area contributed by atoms with E-state index in [1.165, 1.54) is 0 Å². The average molecular weight is 561 g/mol. The van der Waals surface area contributed by atoms with Crippen LogP contribution in [0.2, 0.25) is 0 Å². The molecule has 0 aromatic heterocycles. The second kappa shape index (κ2) is 16.5. The van der Waals surface area contributed by atoms with E-state index in [9.17, 15) is 19.5 Å². The molecule has 1 aliphatic rings. The van der Waals surface area contributed by atoms with Crippen LogP contribution in [-0.2, 0) is 32.0 Å². The summed E-state index contributed by atoms with van der Waals surface area (Å²) in [7, 11) is 0. The normalized spacial score (nSPS) is 16.1. The van der Waals surface area contributed by atoms with Crippen LogP contribution in [0.5, 0.6) is 0 Å². The first-order valence-corrected chi connectivity index (χ1v) is 14.6. The van der Waals surface area contributed by atoms with Gasteiger partial charge >= 0.3 is 5.97 Å². The van der Waals surface area contributed by atoms with Gasteiger partial charge in [-0.15, -0.1) is 13.2 Å². The molecule has 0 heterocycles. The minimum atomic E-state index is -0.658. The van der Waals surface area contributed by atoms with Crippen molar-refractivity contribution in [2.24, 2.45) is 11.8 Å². The van der Waals surface area contributed by atoms with Gasteiger partial charge in [-0.05, 0) is 49.7 Å². The van der Waals surface area contributed by atoms with Crippen LogP contribution in [0.1, 0.15) is 56.1 Å². The van der Waals surface area contributed by atoms with E-state index in [1.54, 1.807) is 12.2 Å². The van der Waals surface area contributed by atoms with Gasteiger partial charge in [0.2, 0.25) is 11.8 Å². The summed E-state index contributed by atoms with van der Waals surface area (Å²) in [4.78, 5) is 39.5. The van der Waals surface area contributed by atoms with Crippen LogP contribution < -0.4 is 10.6 Å². The summed E-state index contributed by atoms with van der Waals surface area (Å²) in [6.07, 6.45) is 8.46. The molecule has 3 rings (SSSR count). The largest absolute Gasteiger partial charge is 0.463 e. The van der Waals surface area contributed by atoms with E-state index in [0.29, 0.717) is 38.5 Å². The minimum absolute atomic E-state index is 0.0303. The Hall–Kier alpha value is -3.71. The second-order valence-corrected chi connectivity index (χ2v) is 11.1. The van der Waals surface area contributed by atoms with Crippen LogP contribution in [0.3, 0.4) is 0 Å². The number of allylic oxidation sites excluding steroid dienone is 2. The standard InChI is InChI=1S/C34H44N2O5/c1-3-13-28(23-31(38)35-30(24-37)22-27-17-9-6-10-18-27)32(39)36-34(19-11-12-20-34)25-41-33(40)29(14-4-2)21-26-15-7-5-8-16-26/h3-10,15-18,28-30,37H,1-2,11-14,19-25H2,(H,35,38)(H,36,39)/t28-,29-,30+/m1/s1. The van der Waals surface area contributed by atoms with Crippen molar-refractivity contribution < 1.29 is 24.2 Å². The smallest absolute Gasteiger partial charge is 0.309 e. The molecule has 0 radical (unpaired) electrons. The van der Waals surface area contributed by atoms with Crippen molar-refractivity contribution in [3.8, 4) is 0 Å². The third-order valence-corrected chi connectivity index (χ3v) is 7.71. The van der Waals surface area contributed by atoms with Gasteiger partial charge in [-0.2, -0.15) is 0 Å². The number of amides is 2. The van der Waals surface area contributed by atoms with Crippen LogP contribution in [0.15, 0.2) is 86.0 Å². The average Bonchev–Trinajstić information content (AvgIpc) is 3.44. The Balaban J connectivity index is 1.59. The zero-order valence-corrected chi connectivity index (χ0v) is 23.9. The Labute approximate surface area is 244 Å². The molecule has 1 aliphatic carbocycles. The van der Waals surface area contributed by atoms with Crippen molar-refractivity contribution in [1.82, 2.24) is 10.6 Å². The lowest BCUT2D eigenvalue weighted by Crippen LogP contribution is -2.53. The molecule has 7 heteroatoms. The number of hydrogen-bond donors (Lipinski definition) is 3. The first-order chi connectivity index (χ1) is 19.9. The van der Waals surface area contributed by atoms with Crippen molar-refractivity contribution in [1.29, 1.82) is 0 Å². The Bertz CT molecular complexity index is 1130. The third kappa shape index (κ3) is 10.3. The van der Waals surface area contributed by atoms with E-state index < -0.39 is 17.5 Å². The Morgan fingerprint density at radius 3 is 2.00 bits per heavy atom. The lowest BCUT2D eigenvalue weighted by molar-refractivity contribution is -0.151. The van der Waals surface area contributed by atoms with Gasteiger partial charge in [0.05, 0.1) is 30.0 Å². The topological polar surface area (TPSA) is 105 Å². The number of aliphatic hydroxyl groups excluding tert-OH is 1. The van der Waals surface area contributed by atoms with Crippen LogP contribution in [0.4, 0.5) is 0 Å². The predicted octanol–water partition coefficient (Wildman–Crippen LogP) is 4.70. The van der Waals surface area contributed by atoms with Crippen LogP contribution in [0, 0.1) is 11.8 Å². The van der Waals surface area contributed by atoms with Gasteiger partial charge in [0.15, 0.2) is 0 Å². The van der Waals surface area contributed by atoms with Crippen molar-refractivity contribution >= 4 is 17.8 Å². The maximum atomic E-state index is 13.5. The summed E-state index contributed by atoms with van der Waals surface area (Å²) < 4.78 is 5.83. The van der Waals surface area contributed by atoms with Gasteiger partial charge in [0.1, 0.15) is 6.61 Å². The third-order valence-electron chi connectivity index (χ3n) is 7.71. The van der Waals surface area contributed by atoms with Crippen LogP contribution in [0.25, 0.3) is 0 Å². The Morgan fingerprint density at radius 1 is 0.878 bits per heavy atom. The SMILES string of the molecule is C=CC[C@H](CC(=O)N[C@H](CO)Cc1ccccc1)C(=O)NC1(COC(=O)[C@H](CC=C)Cc2ccccc2)CCCC1. The van der Waals surface area contributed by atoms with Crippen LogP contribution >= 0.6 is 0 Å². The highest BCUT2D eigenvalue weighted by Crippen LogP contribution is 2.31. The molecule has 1 saturated carbocycles. The van der Waals surface area contributed by atoms with Gasteiger partial charge in [-0.25, -0.2) is 0 Å². The number of carbonyl (C=O) groups is 3. The van der Waals surface area contributed by atoms with Crippen molar-refractivity contribution in [2.75, 3.05) is 13.2 Å². The number of aliphatic hydroxyl groups is 1. The molecule has 3 N–H and O–H groups in total. The van der Waals surface area contributed by atoms with Crippen molar-refractivity contribution in [3.05, 3.63) is 97.1 Å². The number of carbonyl (C=O) groups excluding carboxylic acids is 3. The summed E-state index contributed by atoms with van der Waals surface area (Å²) in [6.45, 7) is 7.46. The lowest BCUT2D eigenvalue weighted by Gasteiger charge is -2.32. The van der Waals surface area contributed by atoms with E-state index in [2.05, 4.69) is 23.8 Å². The fourth-order valence-corrected chi connectivity index (χ4v) is 5.46. The van der Waals surface area contributed by atoms with Gasteiger partial charge in [0, 0.05) is 6.42 Å². The molecule has 2 aromatic carbocycles. The quantitative estimate of drug-likeness (QED) is 0.192. The van der Waals surface area contributed by atoms with E-state index in [4.69, 9.17) is 4.74 Å². The molecule has 7 nitrogen and oxygen atoms in total. The molecule has 1 fully saturated rings. The number of esters is 1. The van der Waals surface area contributed by atoms with Crippen LogP contribution in [-0.4, -0.2) is 47.7 Å². The monoisotopic (exact) mass is 560 g/mol. The first-order valence-electron chi connectivity index (χ1n) is 14.6. The number of benzene rings is 2. The zero-order valence-electron chi connectivity index (χ0n) is 23.9. The highest BCUT2D eigenvalue weighted by Gasteiger charge is 2.39. The summed E-state index contributed by atoms with van der Waals surface area (Å²) in [6, 6.07) is 19.0. The summed E-state index contributed by atoms with van der Waals surface area (Å²) in [5, 5.41) is 15.8. The molecule has 2 aromatic rings. The Morgan fingerprint density at radius 2 is 1.44 bits per heavy atom. The second-order valence-electron chi connectivity index (χ2n) is 11.1. The highest BCUT2D eigenvalue weighted by atomic mass is 16.5. The Kier molecular flexibility index (Phi) is 12.8. The van der Waals surface area contributed by atoms with E-state index in [-0.39, 0.29) is 43.3 Å². The molecule has 0 aliphatic heterocycles. The molecule has 0 saturated heterocycles. The summed E-state index contributed by atoms with van der Waals surface area (Å²) >= 11 is 0. The van der Waals surface area contributed by atoms with Crippen molar-refractivity contribution in [2.45, 2.75) is 69.4 Å². The van der Waals surface area contributed by atoms with Crippen molar-refractivity contribution in [3.63, 3.8) is 0 Å². The van der Waals surface area contributed by atoms with E-state index in [1.807, 2.05) is 60.7 Å². The first kappa shape index (κ1) is 31.8. The number of rotatable bonds is 17. The molecule has 41 heavy (non-hydrogen) atoms. The molecule has 0 bridgehead atoms. The van der Waals surface area contributed by atoms with Gasteiger partial charge < -0.3 is 20.5 Å². The molecule has 0 spiro atoms.